The van der Waals surface area contributed by atoms with Gasteiger partial charge in [0.2, 0.25) is 0 Å². The first-order valence-corrected chi connectivity index (χ1v) is 3.74. The van der Waals surface area contributed by atoms with Gasteiger partial charge in [-0.05, 0) is 0 Å². The van der Waals surface area contributed by atoms with Crippen molar-refractivity contribution in [2.45, 2.75) is 27.7 Å². The van der Waals surface area contributed by atoms with Gasteiger partial charge in [0.15, 0.2) is 0 Å². The molecule has 0 aromatic heterocycles. The van der Waals surface area contributed by atoms with Gasteiger partial charge in [0, 0.05) is 41.1 Å². The van der Waals surface area contributed by atoms with Crippen LogP contribution in [-0.4, -0.2) is 20.0 Å². The Morgan fingerprint density at radius 2 is 1.40 bits per heavy atom. The average molecular weight is 456 g/mol. The molecule has 1 N–H and O–H groups in total. The van der Waals surface area contributed by atoms with Gasteiger partial charge in [0.1, 0.15) is 0 Å². The van der Waals surface area contributed by atoms with E-state index in [-0.39, 0.29) is 69.6 Å². The minimum Gasteiger partial charge on any atom is -0.665 e. The Morgan fingerprint density at radius 3 is 1.40 bits per heavy atom. The Balaban J connectivity index is -0.0000000262. The summed E-state index contributed by atoms with van der Waals surface area (Å²) in [6.45, 7) is 9.21. The van der Waals surface area contributed by atoms with Crippen LogP contribution in [0.15, 0.2) is 0 Å². The van der Waals surface area contributed by atoms with Crippen molar-refractivity contribution < 1.29 is 63.7 Å². The minimum atomic E-state index is 0. The van der Waals surface area contributed by atoms with Crippen LogP contribution in [0, 0.1) is 32.1 Å². The van der Waals surface area contributed by atoms with Crippen LogP contribution >= 0.6 is 0 Å². The molecule has 0 saturated heterocycles. The van der Waals surface area contributed by atoms with E-state index in [0.717, 1.165) is 5.92 Å². The Hall–Kier alpha value is 1.33. The van der Waals surface area contributed by atoms with Crippen molar-refractivity contribution in [3.8, 4) is 0 Å². The molecule has 0 heterocycles. The molecular formula is C10H20BO2WY-2. The zero-order chi connectivity index (χ0) is 9.28. The molecule has 0 unspecified atom stereocenters. The Labute approximate surface area is 137 Å². The zero-order valence-corrected chi connectivity index (χ0v) is 16.0. The molecule has 0 aliphatic heterocycles. The molecule has 2 nitrogen and oxygen atoms in total. The maximum atomic E-state index is 8.24. The summed E-state index contributed by atoms with van der Waals surface area (Å²) in [5, 5.41) is 6.76. The van der Waals surface area contributed by atoms with Gasteiger partial charge in [-0.2, -0.15) is 13.8 Å². The fourth-order valence-corrected chi connectivity index (χ4v) is 0.962. The van der Waals surface area contributed by atoms with E-state index in [4.69, 9.17) is 9.90 Å². The quantitative estimate of drug-likeness (QED) is 0.524. The van der Waals surface area contributed by atoms with Crippen LogP contribution < -0.4 is 0 Å². The topological polar surface area (TPSA) is 37.3 Å². The maximum absolute atomic E-state index is 8.24. The summed E-state index contributed by atoms with van der Waals surface area (Å²) in [7, 11) is 0. The first-order chi connectivity index (χ1) is 5.13. The van der Waals surface area contributed by atoms with Crippen LogP contribution in [0.3, 0.4) is 0 Å². The Kier molecular flexibility index (Phi) is 70.7. The summed E-state index contributed by atoms with van der Waals surface area (Å²) in [6.07, 6.45) is 4.48. The molecule has 0 aromatic carbocycles. The molecule has 86 valence electrons. The van der Waals surface area contributed by atoms with E-state index in [2.05, 4.69) is 40.5 Å². The molecule has 0 bridgehead atoms. The fraction of sp³-hybridized carbons (Fsp3) is 0.600. The third-order valence-electron chi connectivity index (χ3n) is 1.54. The van der Waals surface area contributed by atoms with Gasteiger partial charge >= 0.3 is 21.1 Å². The van der Waals surface area contributed by atoms with Gasteiger partial charge in [-0.1, -0.05) is 26.2 Å². The van der Waals surface area contributed by atoms with Crippen LogP contribution in [-0.2, 0) is 58.6 Å². The standard InChI is InChI=1S/C8H16.CHO2.CH3.B.W.Y/c1-5-8(6-2)7(3)4;2-1-3;;;;/h5-8H,1-4H3;(H,2,3);1H3;;;/q-2;2*-1;;+2;. The van der Waals surface area contributed by atoms with Crippen molar-refractivity contribution in [2.75, 3.05) is 0 Å². The van der Waals surface area contributed by atoms with Crippen molar-refractivity contribution in [3.05, 3.63) is 20.3 Å². The van der Waals surface area contributed by atoms with Gasteiger partial charge < -0.3 is 30.2 Å². The van der Waals surface area contributed by atoms with Crippen LogP contribution in [0.1, 0.15) is 27.7 Å². The maximum Gasteiger partial charge on any atom is 2.00 e. The van der Waals surface area contributed by atoms with Crippen LogP contribution in [0.5, 0.6) is 0 Å². The van der Waals surface area contributed by atoms with Crippen molar-refractivity contribution in [1.29, 1.82) is 0 Å². The summed E-state index contributed by atoms with van der Waals surface area (Å²) >= 11 is 0. The predicted octanol–water partition coefficient (Wildman–Crippen LogP) is 2.38. The summed E-state index contributed by atoms with van der Waals surface area (Å²) in [6, 6.07) is 0. The molecule has 0 rings (SSSR count). The second-order valence-corrected chi connectivity index (χ2v) is 2.58. The van der Waals surface area contributed by atoms with Gasteiger partial charge in [0.05, 0.1) is 0 Å². The summed E-state index contributed by atoms with van der Waals surface area (Å²) < 4.78 is 0. The molecule has 0 aliphatic carbocycles. The molecule has 0 aromatic rings. The van der Waals surface area contributed by atoms with Crippen molar-refractivity contribution in [1.82, 2.24) is 0 Å². The third-order valence-corrected chi connectivity index (χ3v) is 1.54. The molecule has 4 radical (unpaired) electrons. The van der Waals surface area contributed by atoms with E-state index < -0.39 is 0 Å². The molecule has 0 aliphatic rings. The van der Waals surface area contributed by atoms with Gasteiger partial charge in [-0.25, -0.2) is 0 Å². The monoisotopic (exact) mass is 456 g/mol. The SMILES string of the molecule is C[CH-]C([CH-]C)C(C)C.O=[C-]O.[B].[CH3-].[W+2].[Y]. The van der Waals surface area contributed by atoms with E-state index in [1.807, 2.05) is 0 Å². The van der Waals surface area contributed by atoms with E-state index in [1.165, 1.54) is 0 Å². The Bertz CT molecular complexity index is 91.5. The van der Waals surface area contributed by atoms with Crippen molar-refractivity contribution >= 4 is 14.9 Å². The third kappa shape index (κ3) is 31.3. The second kappa shape index (κ2) is 29.5. The largest absolute Gasteiger partial charge is 2.00 e. The van der Waals surface area contributed by atoms with E-state index in [9.17, 15) is 0 Å². The van der Waals surface area contributed by atoms with E-state index >= 15 is 0 Å². The molecule has 15 heavy (non-hydrogen) atoms. The predicted molar refractivity (Wildman–Crippen MR) is 58.8 cm³/mol. The molecule has 0 atom stereocenters. The Morgan fingerprint density at radius 1 is 1.20 bits per heavy atom. The van der Waals surface area contributed by atoms with E-state index in [0.29, 0.717) is 12.4 Å². The van der Waals surface area contributed by atoms with Gasteiger partial charge in [0.25, 0.3) is 0 Å². The molecule has 0 fully saturated rings. The molecule has 0 saturated carbocycles. The van der Waals surface area contributed by atoms with Crippen LogP contribution in [0.2, 0.25) is 0 Å². The number of hydrogen-bond acceptors (Lipinski definition) is 1. The molecule has 0 amide bonds. The second-order valence-electron chi connectivity index (χ2n) is 2.58. The van der Waals surface area contributed by atoms with Gasteiger partial charge in [-0.3, -0.25) is 5.92 Å². The first-order valence-electron chi connectivity index (χ1n) is 3.74. The van der Waals surface area contributed by atoms with E-state index in [1.54, 1.807) is 0 Å². The fourth-order valence-electron chi connectivity index (χ4n) is 0.962. The normalized spacial score (nSPS) is 6.80. The summed E-state index contributed by atoms with van der Waals surface area (Å²) in [4.78, 5) is 8.24. The summed E-state index contributed by atoms with van der Waals surface area (Å²) in [5.41, 5.74) is 0. The first kappa shape index (κ1) is 36.0. The summed E-state index contributed by atoms with van der Waals surface area (Å²) in [5.74, 6) is 1.47. The van der Waals surface area contributed by atoms with Crippen molar-refractivity contribution in [3.63, 3.8) is 0 Å². The number of aliphatic hydroxyl groups excluding tert-OH is 1. The van der Waals surface area contributed by atoms with Gasteiger partial charge in [-0.15, -0.1) is 0 Å². The molecular weight excluding hydrogens is 436 g/mol. The number of hydrogen-bond donors (Lipinski definition) is 1. The number of rotatable bonds is 3. The molecule has 0 spiro atoms. The van der Waals surface area contributed by atoms with Crippen LogP contribution in [0.4, 0.5) is 0 Å². The zero-order valence-electron chi connectivity index (χ0n) is 10.2. The smallest absolute Gasteiger partial charge is 0.665 e. The minimum absolute atomic E-state index is 0. The molecule has 5 heteroatoms. The van der Waals surface area contributed by atoms with Crippen molar-refractivity contribution in [2.24, 2.45) is 11.8 Å². The average Bonchev–Trinajstić information content (AvgIpc) is 1.91. The van der Waals surface area contributed by atoms with Crippen LogP contribution in [0.25, 0.3) is 0 Å².